The maximum Gasteiger partial charge on any atom is 0.109 e. The molecule has 1 rings (SSSR count). The fourth-order valence-corrected chi connectivity index (χ4v) is 1.58. The Morgan fingerprint density at radius 1 is 1.69 bits per heavy atom. The van der Waals surface area contributed by atoms with E-state index in [1.807, 2.05) is 12.3 Å². The molecule has 1 aromatic heterocycles. The lowest BCUT2D eigenvalue weighted by atomic mass is 10.3. The predicted octanol–water partition coefficient (Wildman–Crippen LogP) is 0.147. The molecule has 3 N–H and O–H groups in total. The molecular formula is C8H14N2O2S. The van der Waals surface area contributed by atoms with Gasteiger partial charge in [-0.2, -0.15) is 0 Å². The molecule has 0 aromatic carbocycles. The van der Waals surface area contributed by atoms with Gasteiger partial charge in [-0.05, 0) is 6.92 Å². The first-order valence-electron chi connectivity index (χ1n) is 4.15. The van der Waals surface area contributed by atoms with E-state index in [1.165, 1.54) is 0 Å². The summed E-state index contributed by atoms with van der Waals surface area (Å²) in [4.78, 5) is 4.13. The highest BCUT2D eigenvalue weighted by molar-refractivity contribution is 7.09. The fraction of sp³-hybridized carbons (Fsp3) is 0.625. The van der Waals surface area contributed by atoms with E-state index in [-0.39, 0.29) is 12.6 Å². The van der Waals surface area contributed by atoms with E-state index in [1.54, 1.807) is 17.5 Å². The minimum Gasteiger partial charge on any atom is -0.394 e. The lowest BCUT2D eigenvalue weighted by Gasteiger charge is -2.13. The average Bonchev–Trinajstić information content (AvgIpc) is 2.66. The topological polar surface area (TPSA) is 65.4 Å². The number of nitrogens with one attached hydrogen (secondary N) is 1. The van der Waals surface area contributed by atoms with Gasteiger partial charge in [-0.25, -0.2) is 4.98 Å². The normalized spacial score (nSPS) is 15.6. The molecule has 1 heterocycles. The van der Waals surface area contributed by atoms with Crippen LogP contribution in [0.1, 0.15) is 18.0 Å². The number of aromatic nitrogens is 1. The number of aliphatic hydroxyl groups excluding tert-OH is 2. The summed E-state index contributed by atoms with van der Waals surface area (Å²) in [6.07, 6.45) is 1.06. The van der Waals surface area contributed by atoms with Crippen LogP contribution in [0.3, 0.4) is 0 Å². The van der Waals surface area contributed by atoms with Gasteiger partial charge < -0.3 is 15.5 Å². The Balaban J connectivity index is 2.30. The van der Waals surface area contributed by atoms with Gasteiger partial charge in [0.25, 0.3) is 0 Å². The molecule has 0 aliphatic rings. The Bertz CT molecular complexity index is 228. The smallest absolute Gasteiger partial charge is 0.109 e. The number of thiazole rings is 1. The van der Waals surface area contributed by atoms with Crippen molar-refractivity contribution >= 4 is 11.3 Å². The third-order valence-corrected chi connectivity index (χ3v) is 2.65. The van der Waals surface area contributed by atoms with Crippen molar-refractivity contribution in [2.75, 3.05) is 13.2 Å². The number of aliphatic hydroxyl groups is 2. The Hall–Kier alpha value is -0.490. The zero-order valence-electron chi connectivity index (χ0n) is 7.47. The maximum absolute atomic E-state index is 9.07. The van der Waals surface area contributed by atoms with E-state index in [0.717, 1.165) is 5.01 Å². The average molecular weight is 202 g/mol. The third-order valence-electron chi connectivity index (χ3n) is 1.69. The highest BCUT2D eigenvalue weighted by atomic mass is 32.1. The van der Waals surface area contributed by atoms with Crippen LogP contribution in [-0.4, -0.2) is 34.5 Å². The van der Waals surface area contributed by atoms with Crippen LogP contribution in [0, 0.1) is 0 Å². The molecule has 74 valence electrons. The van der Waals surface area contributed by atoms with Crippen LogP contribution in [0.15, 0.2) is 11.6 Å². The molecular weight excluding hydrogens is 188 g/mol. The lowest BCUT2D eigenvalue weighted by Crippen LogP contribution is -2.31. The van der Waals surface area contributed by atoms with Crippen molar-refractivity contribution in [3.63, 3.8) is 0 Å². The van der Waals surface area contributed by atoms with Gasteiger partial charge in [0.15, 0.2) is 0 Å². The summed E-state index contributed by atoms with van der Waals surface area (Å²) in [5.74, 6) is 0. The molecule has 0 bridgehead atoms. The molecule has 5 heteroatoms. The monoisotopic (exact) mass is 202 g/mol. The second-order valence-corrected chi connectivity index (χ2v) is 3.76. The predicted molar refractivity (Wildman–Crippen MR) is 51.6 cm³/mol. The van der Waals surface area contributed by atoms with E-state index >= 15 is 0 Å². The fourth-order valence-electron chi connectivity index (χ4n) is 0.913. The van der Waals surface area contributed by atoms with Crippen molar-refractivity contribution < 1.29 is 10.2 Å². The Labute approximate surface area is 81.3 Å². The molecule has 0 aliphatic carbocycles. The molecule has 0 fully saturated rings. The molecule has 4 nitrogen and oxygen atoms in total. The summed E-state index contributed by atoms with van der Waals surface area (Å²) >= 11 is 1.57. The minimum atomic E-state index is -0.692. The van der Waals surface area contributed by atoms with Crippen LogP contribution in [0.2, 0.25) is 0 Å². The summed E-state index contributed by atoms with van der Waals surface area (Å²) in [6.45, 7) is 2.15. The van der Waals surface area contributed by atoms with Crippen LogP contribution in [0.25, 0.3) is 0 Å². The largest absolute Gasteiger partial charge is 0.394 e. The first-order chi connectivity index (χ1) is 6.24. The Morgan fingerprint density at radius 3 is 3.00 bits per heavy atom. The summed E-state index contributed by atoms with van der Waals surface area (Å²) in [5, 5.41) is 23.6. The summed E-state index contributed by atoms with van der Waals surface area (Å²) in [7, 11) is 0. The quantitative estimate of drug-likeness (QED) is 0.636. The van der Waals surface area contributed by atoms with Gasteiger partial charge in [0.05, 0.1) is 18.8 Å². The molecule has 2 atom stereocenters. The van der Waals surface area contributed by atoms with Crippen LogP contribution in [-0.2, 0) is 0 Å². The van der Waals surface area contributed by atoms with E-state index < -0.39 is 6.10 Å². The van der Waals surface area contributed by atoms with Crippen LogP contribution < -0.4 is 5.32 Å². The molecule has 13 heavy (non-hydrogen) atoms. The standard InChI is InChI=1S/C8H14N2O2S/c1-6(8-9-2-3-13-8)10-4-7(12)5-11/h2-3,6-7,10-12H,4-5H2,1H3/t6?,7-/m0/s1. The third kappa shape index (κ3) is 3.40. The molecule has 1 aromatic rings. The highest BCUT2D eigenvalue weighted by Crippen LogP contribution is 2.14. The van der Waals surface area contributed by atoms with Crippen molar-refractivity contribution in [3.05, 3.63) is 16.6 Å². The van der Waals surface area contributed by atoms with Crippen LogP contribution >= 0.6 is 11.3 Å². The van der Waals surface area contributed by atoms with Crippen molar-refractivity contribution in [1.82, 2.24) is 10.3 Å². The number of rotatable bonds is 5. The van der Waals surface area contributed by atoms with E-state index in [0.29, 0.717) is 6.54 Å². The molecule has 0 saturated carbocycles. The first kappa shape index (κ1) is 10.6. The van der Waals surface area contributed by atoms with Crippen LogP contribution in [0.4, 0.5) is 0 Å². The van der Waals surface area contributed by atoms with Gasteiger partial charge in [-0.3, -0.25) is 0 Å². The summed E-state index contributed by atoms with van der Waals surface area (Å²) < 4.78 is 0. The van der Waals surface area contributed by atoms with Gasteiger partial charge in [0, 0.05) is 18.1 Å². The zero-order valence-corrected chi connectivity index (χ0v) is 8.29. The molecule has 0 spiro atoms. The summed E-state index contributed by atoms with van der Waals surface area (Å²) in [5.41, 5.74) is 0. The van der Waals surface area contributed by atoms with Crippen molar-refractivity contribution in [3.8, 4) is 0 Å². The lowest BCUT2D eigenvalue weighted by molar-refractivity contribution is 0.0924. The minimum absolute atomic E-state index is 0.126. The van der Waals surface area contributed by atoms with Gasteiger partial charge in [-0.1, -0.05) is 0 Å². The molecule has 1 unspecified atom stereocenters. The Morgan fingerprint density at radius 2 is 2.46 bits per heavy atom. The van der Waals surface area contributed by atoms with Gasteiger partial charge >= 0.3 is 0 Å². The second kappa shape index (κ2) is 5.29. The van der Waals surface area contributed by atoms with Crippen LogP contribution in [0.5, 0.6) is 0 Å². The second-order valence-electron chi connectivity index (χ2n) is 2.84. The molecule has 0 saturated heterocycles. The van der Waals surface area contributed by atoms with Gasteiger partial charge in [0.2, 0.25) is 0 Å². The van der Waals surface area contributed by atoms with E-state index in [9.17, 15) is 0 Å². The Kier molecular flexibility index (Phi) is 4.31. The van der Waals surface area contributed by atoms with Crippen molar-refractivity contribution in [2.24, 2.45) is 0 Å². The van der Waals surface area contributed by atoms with Crippen molar-refractivity contribution in [2.45, 2.75) is 19.1 Å². The van der Waals surface area contributed by atoms with Gasteiger partial charge in [0.1, 0.15) is 5.01 Å². The first-order valence-corrected chi connectivity index (χ1v) is 5.03. The van der Waals surface area contributed by atoms with Gasteiger partial charge in [-0.15, -0.1) is 11.3 Å². The number of hydrogen-bond donors (Lipinski definition) is 3. The SMILES string of the molecule is CC(NC[C@H](O)CO)c1nccs1. The number of nitrogens with zero attached hydrogens (tertiary/aromatic N) is 1. The van der Waals surface area contributed by atoms with E-state index in [2.05, 4.69) is 10.3 Å². The molecule has 0 amide bonds. The zero-order chi connectivity index (χ0) is 9.68. The molecule has 0 radical (unpaired) electrons. The van der Waals surface area contributed by atoms with E-state index in [4.69, 9.17) is 10.2 Å². The summed E-state index contributed by atoms with van der Waals surface area (Å²) in [6, 6.07) is 0.126. The number of hydrogen-bond acceptors (Lipinski definition) is 5. The van der Waals surface area contributed by atoms with Crippen molar-refractivity contribution in [1.29, 1.82) is 0 Å². The maximum atomic E-state index is 9.07. The molecule has 0 aliphatic heterocycles. The highest BCUT2D eigenvalue weighted by Gasteiger charge is 2.09.